The minimum Gasteiger partial charge on any atom is -0.348 e. The third-order valence-corrected chi connectivity index (χ3v) is 1.76. The molecule has 1 aromatic carbocycles. The number of rotatable bonds is 3. The van der Waals surface area contributed by atoms with E-state index in [0.29, 0.717) is 12.1 Å². The summed E-state index contributed by atoms with van der Waals surface area (Å²) in [6.45, 7) is 3.76. The van der Waals surface area contributed by atoms with Crippen LogP contribution in [0.4, 0.5) is 0 Å². The number of hydrogen-bond donors (Lipinski definition) is 2. The molecule has 0 aromatic heterocycles. The van der Waals surface area contributed by atoms with Gasteiger partial charge < -0.3 is 11.1 Å². The summed E-state index contributed by atoms with van der Waals surface area (Å²) in [6, 6.07) is 7.31. The van der Waals surface area contributed by atoms with Gasteiger partial charge in [0.25, 0.3) is 5.91 Å². The van der Waals surface area contributed by atoms with Gasteiger partial charge in [-0.2, -0.15) is 0 Å². The highest BCUT2D eigenvalue weighted by Crippen LogP contribution is 2.07. The Bertz CT molecular complexity index is 297. The Kier molecular flexibility index (Phi) is 3.46. The Hall–Kier alpha value is -1.35. The first-order valence-electron chi connectivity index (χ1n) is 4.16. The van der Waals surface area contributed by atoms with Crippen LogP contribution in [-0.4, -0.2) is 5.91 Å². The summed E-state index contributed by atoms with van der Waals surface area (Å²) in [7, 11) is 0. The molecule has 1 rings (SSSR count). The molecule has 0 spiro atoms. The molecule has 0 fully saturated rings. The molecular weight excluding hydrogens is 164 g/mol. The molecule has 0 saturated heterocycles. The van der Waals surface area contributed by atoms with E-state index in [2.05, 4.69) is 5.32 Å². The van der Waals surface area contributed by atoms with Gasteiger partial charge in [-0.25, -0.2) is 0 Å². The molecule has 1 aromatic rings. The van der Waals surface area contributed by atoms with Crippen molar-refractivity contribution >= 4 is 5.91 Å². The van der Waals surface area contributed by atoms with Gasteiger partial charge in [-0.3, -0.25) is 4.79 Å². The van der Waals surface area contributed by atoms with Crippen LogP contribution >= 0.6 is 0 Å². The Balaban J connectivity index is 2.92. The second-order valence-corrected chi connectivity index (χ2v) is 2.62. The number of carbonyl (C=O) groups is 1. The second kappa shape index (κ2) is 4.62. The van der Waals surface area contributed by atoms with Crippen LogP contribution in [0.15, 0.2) is 24.3 Å². The molecule has 3 nitrogen and oxygen atoms in total. The monoisotopic (exact) mass is 177 g/mol. The van der Waals surface area contributed by atoms with E-state index in [9.17, 15) is 4.79 Å². The molecule has 69 valence electrons. The van der Waals surface area contributed by atoms with Gasteiger partial charge in [0.2, 0.25) is 0 Å². The van der Waals surface area contributed by atoms with Crippen molar-refractivity contribution in [3.8, 4) is 0 Å². The average Bonchev–Trinajstić information content (AvgIpc) is 2.18. The Morgan fingerprint density at radius 1 is 1.54 bits per heavy atom. The van der Waals surface area contributed by atoms with E-state index in [1.54, 1.807) is 19.5 Å². The summed E-state index contributed by atoms with van der Waals surface area (Å²) in [6.07, 6.45) is 0. The summed E-state index contributed by atoms with van der Waals surface area (Å²) >= 11 is 0. The summed E-state index contributed by atoms with van der Waals surface area (Å²) in [5.41, 5.74) is 7.00. The molecule has 1 radical (unpaired) electrons. The van der Waals surface area contributed by atoms with Gasteiger partial charge in [-0.1, -0.05) is 18.2 Å². The topological polar surface area (TPSA) is 55.1 Å². The van der Waals surface area contributed by atoms with E-state index < -0.39 is 0 Å². The maximum Gasteiger partial charge on any atom is 0.251 e. The maximum atomic E-state index is 11.4. The normalized spacial score (nSPS) is 9.69. The zero-order valence-corrected chi connectivity index (χ0v) is 7.58. The van der Waals surface area contributed by atoms with E-state index in [1.165, 1.54) is 0 Å². The minimum absolute atomic E-state index is 0.108. The minimum atomic E-state index is -0.108. The van der Waals surface area contributed by atoms with Gasteiger partial charge in [0.05, 0.1) is 0 Å². The highest BCUT2D eigenvalue weighted by atomic mass is 16.1. The maximum absolute atomic E-state index is 11.4. The lowest BCUT2D eigenvalue weighted by Gasteiger charge is -2.06. The van der Waals surface area contributed by atoms with Crippen LogP contribution < -0.4 is 11.1 Å². The lowest BCUT2D eigenvalue weighted by atomic mass is 10.1. The fourth-order valence-electron chi connectivity index (χ4n) is 1.13. The van der Waals surface area contributed by atoms with Crippen LogP contribution in [0.1, 0.15) is 22.8 Å². The van der Waals surface area contributed by atoms with E-state index >= 15 is 0 Å². The van der Waals surface area contributed by atoms with Crippen molar-refractivity contribution in [3.63, 3.8) is 0 Å². The van der Waals surface area contributed by atoms with Gasteiger partial charge in [-0.15, -0.1) is 0 Å². The van der Waals surface area contributed by atoms with Crippen molar-refractivity contribution in [2.75, 3.05) is 0 Å². The first kappa shape index (κ1) is 9.74. The Labute approximate surface area is 77.9 Å². The standard InChI is InChI=1S/C10H13N2O/c1-2-12-10(13)9-6-4-3-5-8(9)7-11/h2-6H,7,11H2,1H3,(H,12,13). The first-order chi connectivity index (χ1) is 6.29. The number of hydrogen-bond acceptors (Lipinski definition) is 2. The summed E-state index contributed by atoms with van der Waals surface area (Å²) in [4.78, 5) is 11.4. The molecule has 0 saturated carbocycles. The van der Waals surface area contributed by atoms with Crippen LogP contribution in [0.5, 0.6) is 0 Å². The molecule has 0 heterocycles. The van der Waals surface area contributed by atoms with Gasteiger partial charge in [0.15, 0.2) is 0 Å². The highest BCUT2D eigenvalue weighted by Gasteiger charge is 2.07. The summed E-state index contributed by atoms with van der Waals surface area (Å²) < 4.78 is 0. The predicted molar refractivity (Wildman–Crippen MR) is 51.8 cm³/mol. The van der Waals surface area contributed by atoms with Crippen molar-refractivity contribution < 1.29 is 4.79 Å². The van der Waals surface area contributed by atoms with E-state index in [-0.39, 0.29) is 5.91 Å². The quantitative estimate of drug-likeness (QED) is 0.725. The predicted octanol–water partition coefficient (Wildman–Crippen LogP) is 1.06. The molecule has 0 atom stereocenters. The van der Waals surface area contributed by atoms with Gasteiger partial charge in [-0.05, 0) is 18.6 Å². The highest BCUT2D eigenvalue weighted by molar-refractivity contribution is 5.95. The molecule has 3 N–H and O–H groups in total. The fraction of sp³-hybridized carbons (Fsp3) is 0.200. The third-order valence-electron chi connectivity index (χ3n) is 1.76. The van der Waals surface area contributed by atoms with Crippen molar-refractivity contribution in [1.29, 1.82) is 0 Å². The van der Waals surface area contributed by atoms with E-state index in [1.807, 2.05) is 18.2 Å². The van der Waals surface area contributed by atoms with E-state index in [0.717, 1.165) is 5.56 Å². The Morgan fingerprint density at radius 2 is 2.23 bits per heavy atom. The number of amides is 1. The number of carbonyl (C=O) groups excluding carboxylic acids is 1. The van der Waals surface area contributed by atoms with Crippen molar-refractivity contribution in [3.05, 3.63) is 41.9 Å². The molecule has 0 aliphatic rings. The lowest BCUT2D eigenvalue weighted by molar-refractivity contribution is 0.0963. The smallest absolute Gasteiger partial charge is 0.251 e. The van der Waals surface area contributed by atoms with Crippen LogP contribution in [0.3, 0.4) is 0 Å². The number of nitrogens with two attached hydrogens (primary N) is 1. The summed E-state index contributed by atoms with van der Waals surface area (Å²) in [5.74, 6) is -0.108. The zero-order chi connectivity index (χ0) is 9.68. The van der Waals surface area contributed by atoms with E-state index in [4.69, 9.17) is 5.73 Å². The number of nitrogens with one attached hydrogen (secondary N) is 1. The molecule has 0 bridgehead atoms. The first-order valence-corrected chi connectivity index (χ1v) is 4.16. The van der Waals surface area contributed by atoms with Crippen LogP contribution in [-0.2, 0) is 6.54 Å². The summed E-state index contributed by atoms with van der Waals surface area (Å²) in [5, 5.41) is 2.62. The third kappa shape index (κ3) is 2.29. The van der Waals surface area contributed by atoms with Gasteiger partial charge in [0, 0.05) is 18.7 Å². The van der Waals surface area contributed by atoms with Crippen LogP contribution in [0.2, 0.25) is 0 Å². The van der Waals surface area contributed by atoms with Gasteiger partial charge >= 0.3 is 0 Å². The molecule has 1 amide bonds. The van der Waals surface area contributed by atoms with Crippen molar-refractivity contribution in [2.24, 2.45) is 5.73 Å². The van der Waals surface area contributed by atoms with Gasteiger partial charge in [0.1, 0.15) is 0 Å². The molecule has 0 unspecified atom stereocenters. The van der Waals surface area contributed by atoms with Crippen molar-refractivity contribution in [1.82, 2.24) is 5.32 Å². The zero-order valence-electron chi connectivity index (χ0n) is 7.58. The average molecular weight is 177 g/mol. The van der Waals surface area contributed by atoms with Crippen LogP contribution in [0, 0.1) is 6.54 Å². The molecule has 0 aliphatic carbocycles. The lowest BCUT2D eigenvalue weighted by Crippen LogP contribution is -2.21. The number of benzene rings is 1. The molecule has 3 heteroatoms. The molecule has 13 heavy (non-hydrogen) atoms. The largest absolute Gasteiger partial charge is 0.348 e. The van der Waals surface area contributed by atoms with Crippen molar-refractivity contribution in [2.45, 2.75) is 13.5 Å². The fourth-order valence-corrected chi connectivity index (χ4v) is 1.13. The Morgan fingerprint density at radius 3 is 2.85 bits per heavy atom. The second-order valence-electron chi connectivity index (χ2n) is 2.62. The SMILES string of the molecule is C[CH]NC(=O)c1ccccc1CN. The molecular formula is C10H13N2O. The van der Waals surface area contributed by atoms with Crippen LogP contribution in [0.25, 0.3) is 0 Å². The molecule has 0 aliphatic heterocycles.